The van der Waals surface area contributed by atoms with Gasteiger partial charge in [0.05, 0.1) is 12.2 Å². The van der Waals surface area contributed by atoms with E-state index >= 15 is 0 Å². The van der Waals surface area contributed by atoms with E-state index in [2.05, 4.69) is 5.32 Å². The molecule has 1 heterocycles. The lowest BCUT2D eigenvalue weighted by Crippen LogP contribution is -2.19. The molecule has 0 bridgehead atoms. The first-order chi connectivity index (χ1) is 12.8. The van der Waals surface area contributed by atoms with Gasteiger partial charge in [-0.05, 0) is 44.0 Å². The third-order valence-electron chi connectivity index (χ3n) is 4.04. The number of esters is 2. The fourth-order valence-corrected chi connectivity index (χ4v) is 3.44. The Balaban J connectivity index is 2.32. The first-order valence-electron chi connectivity index (χ1n) is 8.34. The zero-order valence-electron chi connectivity index (χ0n) is 15.7. The van der Waals surface area contributed by atoms with Gasteiger partial charge in [-0.2, -0.15) is 0 Å². The van der Waals surface area contributed by atoms with Crippen molar-refractivity contribution >= 4 is 34.2 Å². The standard InChI is InChI=1S/C19H22N2O5S/c1-5-25-19(24)14-13(15(17(22)21-4)27-16(14)20)9-26-18(23)12-7-6-10(2)11(3)8-12/h6-8H,5,9,20H2,1-4H3,(H,21,22). The van der Waals surface area contributed by atoms with Gasteiger partial charge in [0.25, 0.3) is 5.91 Å². The number of hydrogen-bond donors (Lipinski definition) is 2. The molecule has 0 radical (unpaired) electrons. The SMILES string of the molecule is CCOC(=O)c1c(N)sc(C(=O)NC)c1COC(=O)c1ccc(C)c(C)c1. The average molecular weight is 390 g/mol. The average Bonchev–Trinajstić information content (AvgIpc) is 2.97. The Morgan fingerprint density at radius 3 is 2.41 bits per heavy atom. The highest BCUT2D eigenvalue weighted by Gasteiger charge is 2.27. The fraction of sp³-hybridized carbons (Fsp3) is 0.316. The maximum atomic E-state index is 12.4. The number of ether oxygens (including phenoxy) is 2. The summed E-state index contributed by atoms with van der Waals surface area (Å²) in [6.45, 7) is 5.40. The highest BCUT2D eigenvalue weighted by molar-refractivity contribution is 7.18. The Hall–Kier alpha value is -2.87. The summed E-state index contributed by atoms with van der Waals surface area (Å²) in [4.78, 5) is 37.0. The third kappa shape index (κ3) is 4.46. The van der Waals surface area contributed by atoms with E-state index in [1.54, 1.807) is 19.1 Å². The monoisotopic (exact) mass is 390 g/mol. The zero-order valence-corrected chi connectivity index (χ0v) is 16.5. The lowest BCUT2D eigenvalue weighted by molar-refractivity contribution is 0.0449. The van der Waals surface area contributed by atoms with Gasteiger partial charge in [0, 0.05) is 12.6 Å². The van der Waals surface area contributed by atoms with Crippen molar-refractivity contribution in [1.29, 1.82) is 0 Å². The van der Waals surface area contributed by atoms with E-state index < -0.39 is 17.8 Å². The Morgan fingerprint density at radius 1 is 1.11 bits per heavy atom. The van der Waals surface area contributed by atoms with Gasteiger partial charge in [0.2, 0.25) is 0 Å². The van der Waals surface area contributed by atoms with E-state index in [-0.39, 0.29) is 34.2 Å². The molecule has 3 N–H and O–H groups in total. The van der Waals surface area contributed by atoms with Crippen LogP contribution in [0.4, 0.5) is 5.00 Å². The Morgan fingerprint density at radius 2 is 1.81 bits per heavy atom. The van der Waals surface area contributed by atoms with Crippen LogP contribution in [0.15, 0.2) is 18.2 Å². The van der Waals surface area contributed by atoms with Crippen molar-refractivity contribution < 1.29 is 23.9 Å². The first-order valence-corrected chi connectivity index (χ1v) is 9.16. The number of amides is 1. The summed E-state index contributed by atoms with van der Waals surface area (Å²) >= 11 is 0.953. The molecule has 0 spiro atoms. The summed E-state index contributed by atoms with van der Waals surface area (Å²) < 4.78 is 10.4. The second kappa shape index (κ2) is 8.68. The molecule has 1 amide bonds. The molecule has 2 aromatic rings. The molecule has 0 fully saturated rings. The molecule has 0 saturated heterocycles. The van der Waals surface area contributed by atoms with Gasteiger partial charge in [0.15, 0.2) is 0 Å². The quantitative estimate of drug-likeness (QED) is 0.735. The van der Waals surface area contributed by atoms with E-state index in [0.29, 0.717) is 5.56 Å². The molecule has 0 saturated carbocycles. The van der Waals surface area contributed by atoms with Crippen LogP contribution in [-0.4, -0.2) is 31.5 Å². The summed E-state index contributed by atoms with van der Waals surface area (Å²) in [6.07, 6.45) is 0. The molecule has 0 aliphatic rings. The number of carbonyl (C=O) groups excluding carboxylic acids is 3. The van der Waals surface area contributed by atoms with Crippen LogP contribution >= 0.6 is 11.3 Å². The number of anilines is 1. The van der Waals surface area contributed by atoms with Crippen LogP contribution in [0, 0.1) is 13.8 Å². The van der Waals surface area contributed by atoms with Crippen molar-refractivity contribution in [2.45, 2.75) is 27.4 Å². The Bertz CT molecular complexity index is 888. The van der Waals surface area contributed by atoms with Crippen LogP contribution in [0.25, 0.3) is 0 Å². The van der Waals surface area contributed by atoms with Gasteiger partial charge >= 0.3 is 11.9 Å². The van der Waals surface area contributed by atoms with Crippen LogP contribution in [0.5, 0.6) is 0 Å². The predicted molar refractivity (Wildman–Crippen MR) is 103 cm³/mol. The highest BCUT2D eigenvalue weighted by atomic mass is 32.1. The lowest BCUT2D eigenvalue weighted by atomic mass is 10.1. The maximum absolute atomic E-state index is 12.4. The minimum Gasteiger partial charge on any atom is -0.462 e. The molecule has 144 valence electrons. The van der Waals surface area contributed by atoms with Gasteiger partial charge in [0.1, 0.15) is 22.0 Å². The smallest absolute Gasteiger partial charge is 0.341 e. The summed E-state index contributed by atoms with van der Waals surface area (Å²) in [6, 6.07) is 5.22. The second-order valence-electron chi connectivity index (χ2n) is 5.82. The number of hydrogen-bond acceptors (Lipinski definition) is 7. The molecule has 8 heteroatoms. The number of aryl methyl sites for hydroxylation is 2. The summed E-state index contributed by atoms with van der Waals surface area (Å²) in [7, 11) is 1.47. The van der Waals surface area contributed by atoms with Crippen molar-refractivity contribution in [2.24, 2.45) is 0 Å². The highest BCUT2D eigenvalue weighted by Crippen LogP contribution is 2.32. The van der Waals surface area contributed by atoms with Crippen LogP contribution in [0.3, 0.4) is 0 Å². The number of thiophene rings is 1. The van der Waals surface area contributed by atoms with E-state index in [9.17, 15) is 14.4 Å². The Kier molecular flexibility index (Phi) is 6.57. The molecular weight excluding hydrogens is 368 g/mol. The molecular formula is C19H22N2O5S. The minimum absolute atomic E-state index is 0.0633. The van der Waals surface area contributed by atoms with Crippen LogP contribution in [0.1, 0.15) is 54.0 Å². The molecule has 1 aromatic carbocycles. The van der Waals surface area contributed by atoms with Crippen LogP contribution in [-0.2, 0) is 16.1 Å². The fourth-order valence-electron chi connectivity index (χ4n) is 2.44. The molecule has 0 atom stereocenters. The van der Waals surface area contributed by atoms with Gasteiger partial charge in [-0.3, -0.25) is 4.79 Å². The summed E-state index contributed by atoms with van der Waals surface area (Å²) in [5, 5.41) is 2.63. The summed E-state index contributed by atoms with van der Waals surface area (Å²) in [5.41, 5.74) is 8.63. The first kappa shape index (κ1) is 20.4. The van der Waals surface area contributed by atoms with Gasteiger partial charge in [-0.25, -0.2) is 9.59 Å². The molecule has 27 heavy (non-hydrogen) atoms. The van der Waals surface area contributed by atoms with Gasteiger partial charge in [-0.15, -0.1) is 11.3 Å². The maximum Gasteiger partial charge on any atom is 0.341 e. The van der Waals surface area contributed by atoms with Crippen molar-refractivity contribution in [2.75, 3.05) is 19.4 Å². The van der Waals surface area contributed by atoms with Crippen LogP contribution in [0.2, 0.25) is 0 Å². The molecule has 0 aliphatic heterocycles. The number of benzene rings is 1. The van der Waals surface area contributed by atoms with Crippen molar-refractivity contribution in [3.8, 4) is 0 Å². The Labute approximate surface area is 161 Å². The molecule has 0 aliphatic carbocycles. The van der Waals surface area contributed by atoms with Gasteiger partial charge in [-0.1, -0.05) is 6.07 Å². The predicted octanol–water partition coefficient (Wildman–Crippen LogP) is 2.84. The van der Waals surface area contributed by atoms with Gasteiger partial charge < -0.3 is 20.5 Å². The molecule has 0 unspecified atom stereocenters. The van der Waals surface area contributed by atoms with E-state index in [1.807, 2.05) is 19.9 Å². The number of nitrogens with one attached hydrogen (secondary N) is 1. The third-order valence-corrected chi connectivity index (χ3v) is 5.10. The molecule has 7 nitrogen and oxygen atoms in total. The second-order valence-corrected chi connectivity index (χ2v) is 6.88. The topological polar surface area (TPSA) is 108 Å². The number of rotatable bonds is 6. The lowest BCUT2D eigenvalue weighted by Gasteiger charge is -2.09. The van der Waals surface area contributed by atoms with Crippen molar-refractivity contribution in [1.82, 2.24) is 5.32 Å². The van der Waals surface area contributed by atoms with Crippen molar-refractivity contribution in [3.63, 3.8) is 0 Å². The minimum atomic E-state index is -0.654. The normalized spacial score (nSPS) is 10.4. The zero-order chi connectivity index (χ0) is 20.1. The number of nitrogens with two attached hydrogens (primary N) is 1. The van der Waals surface area contributed by atoms with Crippen LogP contribution < -0.4 is 11.1 Å². The van der Waals surface area contributed by atoms with Crippen molar-refractivity contribution in [3.05, 3.63) is 50.9 Å². The number of carbonyl (C=O) groups is 3. The molecule has 1 aromatic heterocycles. The van der Waals surface area contributed by atoms with E-state index in [4.69, 9.17) is 15.2 Å². The number of nitrogen functional groups attached to an aromatic ring is 1. The molecule has 2 rings (SSSR count). The van der Waals surface area contributed by atoms with E-state index in [1.165, 1.54) is 7.05 Å². The summed E-state index contributed by atoms with van der Waals surface area (Å²) in [5.74, 6) is -1.63. The largest absolute Gasteiger partial charge is 0.462 e. The van der Waals surface area contributed by atoms with E-state index in [0.717, 1.165) is 22.5 Å².